The minimum absolute atomic E-state index is 0.246. The van der Waals surface area contributed by atoms with Crippen LogP contribution >= 0.6 is 0 Å². The molecule has 0 spiro atoms. The van der Waals surface area contributed by atoms with Gasteiger partial charge in [-0.3, -0.25) is 0 Å². The summed E-state index contributed by atoms with van der Waals surface area (Å²) in [6.07, 6.45) is 7.65. The quantitative estimate of drug-likeness (QED) is 0.172. The van der Waals surface area contributed by atoms with Crippen molar-refractivity contribution in [2.75, 3.05) is 0 Å². The molecule has 0 amide bonds. The summed E-state index contributed by atoms with van der Waals surface area (Å²) in [5.74, 6) is 0.246. The first-order valence-corrected chi connectivity index (χ1v) is 20.5. The average Bonchev–Trinajstić information content (AvgIpc) is 3.84. The molecule has 12 rings (SSSR count). The van der Waals surface area contributed by atoms with E-state index in [1.165, 1.54) is 83.4 Å². The van der Waals surface area contributed by atoms with Crippen LogP contribution in [-0.4, -0.2) is 4.57 Å². The third kappa shape index (κ3) is 5.26. The van der Waals surface area contributed by atoms with Crippen molar-refractivity contribution in [2.45, 2.75) is 25.2 Å². The minimum atomic E-state index is 0.246. The topological polar surface area (TPSA) is 18.1 Å². The van der Waals surface area contributed by atoms with Crippen LogP contribution in [-0.2, 0) is 12.8 Å². The van der Waals surface area contributed by atoms with Crippen LogP contribution < -0.4 is 0 Å². The zero-order chi connectivity index (χ0) is 38.2. The summed E-state index contributed by atoms with van der Waals surface area (Å²) >= 11 is 0. The summed E-state index contributed by atoms with van der Waals surface area (Å²) < 4.78 is 8.79. The minimum Gasteiger partial charge on any atom is -0.456 e. The summed E-state index contributed by atoms with van der Waals surface area (Å²) in [5.41, 5.74) is 21.2. The Labute approximate surface area is 338 Å². The number of benzene rings is 8. The van der Waals surface area contributed by atoms with Gasteiger partial charge in [-0.15, -0.1) is 0 Å². The van der Waals surface area contributed by atoms with E-state index in [1.54, 1.807) is 0 Å². The number of nitrogens with zero attached hydrogens (tertiary/aromatic N) is 1. The van der Waals surface area contributed by atoms with Crippen molar-refractivity contribution in [3.63, 3.8) is 0 Å². The van der Waals surface area contributed by atoms with Crippen molar-refractivity contribution in [3.8, 4) is 50.2 Å². The number of rotatable bonds is 5. The standard InChI is InChI=1S/C56H39NO/c1-4-14-36(15-5-1)42-33-48(38-18-8-3-9-19-38)56-49-30-39(24-25-41(49)32-47(51(56)34-42)37-16-6-2-7-17-37)40-26-29-53-50(31-40)44-20-10-12-22-52(44)57(53)43-27-28-46-45-21-11-13-23-54(45)58-55(46)35-43/h1-9,11-19,21-31,33-35,47H,10,20,32H2. The molecule has 0 saturated heterocycles. The number of para-hydroxylation sites is 1. The Kier molecular flexibility index (Phi) is 7.53. The molecule has 0 bridgehead atoms. The summed E-state index contributed by atoms with van der Waals surface area (Å²) in [6.45, 7) is 0. The Morgan fingerprint density at radius 2 is 1.21 bits per heavy atom. The van der Waals surface area contributed by atoms with Crippen LogP contribution in [0.1, 0.15) is 40.3 Å². The lowest BCUT2D eigenvalue weighted by molar-refractivity contribution is 0.668. The second-order valence-electron chi connectivity index (χ2n) is 15.9. The van der Waals surface area contributed by atoms with Gasteiger partial charge in [0.2, 0.25) is 0 Å². The molecule has 0 aliphatic heterocycles. The monoisotopic (exact) mass is 741 g/mol. The maximum atomic E-state index is 6.36. The maximum absolute atomic E-state index is 6.36. The van der Waals surface area contributed by atoms with Crippen molar-refractivity contribution in [2.24, 2.45) is 0 Å². The van der Waals surface area contributed by atoms with Gasteiger partial charge in [0.05, 0.1) is 5.52 Å². The Morgan fingerprint density at radius 3 is 2.05 bits per heavy atom. The molecule has 2 aromatic heterocycles. The lowest BCUT2D eigenvalue weighted by Crippen LogP contribution is -2.14. The summed E-state index contributed by atoms with van der Waals surface area (Å²) in [4.78, 5) is 0. The lowest BCUT2D eigenvalue weighted by Gasteiger charge is -2.31. The molecule has 10 aromatic rings. The van der Waals surface area contributed by atoms with E-state index >= 15 is 0 Å². The third-order valence-corrected chi connectivity index (χ3v) is 12.6. The van der Waals surface area contributed by atoms with Crippen LogP contribution in [0.5, 0.6) is 0 Å². The van der Waals surface area contributed by atoms with Gasteiger partial charge in [0.25, 0.3) is 0 Å². The largest absolute Gasteiger partial charge is 0.456 e. The summed E-state index contributed by atoms with van der Waals surface area (Å²) in [5, 5.41) is 3.63. The highest BCUT2D eigenvalue weighted by molar-refractivity contribution is 6.06. The molecule has 0 radical (unpaired) electrons. The SMILES string of the molecule is C1=Cc2c(c3cc(-c4ccc5c(c4)-c4c(-c6ccccc6)cc(-c6ccccc6)cc4C(c4ccccc4)C5)ccc3n2-c2ccc3c(c2)oc2ccccc23)CC1. The molecule has 2 heteroatoms. The first-order valence-electron chi connectivity index (χ1n) is 20.5. The Morgan fingerprint density at radius 1 is 0.500 bits per heavy atom. The molecule has 274 valence electrons. The molecule has 2 aliphatic rings. The van der Waals surface area contributed by atoms with E-state index in [1.807, 2.05) is 6.07 Å². The number of furan rings is 1. The molecule has 0 N–H and O–H groups in total. The van der Waals surface area contributed by atoms with E-state index in [2.05, 4.69) is 193 Å². The highest BCUT2D eigenvalue weighted by atomic mass is 16.3. The number of aromatic nitrogens is 1. The van der Waals surface area contributed by atoms with Crippen LogP contribution in [0.4, 0.5) is 0 Å². The number of allylic oxidation sites excluding steroid dienone is 1. The Bertz CT molecular complexity index is 3240. The molecule has 0 saturated carbocycles. The second kappa shape index (κ2) is 13.2. The van der Waals surface area contributed by atoms with Crippen molar-refractivity contribution in [1.29, 1.82) is 0 Å². The predicted octanol–water partition coefficient (Wildman–Crippen LogP) is 14.8. The highest BCUT2D eigenvalue weighted by Gasteiger charge is 2.30. The van der Waals surface area contributed by atoms with Gasteiger partial charge in [0.15, 0.2) is 0 Å². The Hall–Kier alpha value is -7.16. The lowest BCUT2D eigenvalue weighted by atomic mass is 9.72. The Balaban J connectivity index is 1.04. The smallest absolute Gasteiger partial charge is 0.137 e. The van der Waals surface area contributed by atoms with Crippen LogP contribution in [0.2, 0.25) is 0 Å². The summed E-state index contributed by atoms with van der Waals surface area (Å²) in [7, 11) is 0. The van der Waals surface area contributed by atoms with Gasteiger partial charge in [0.1, 0.15) is 11.2 Å². The van der Waals surface area contributed by atoms with Gasteiger partial charge >= 0.3 is 0 Å². The van der Waals surface area contributed by atoms with Crippen molar-refractivity contribution >= 4 is 38.9 Å². The van der Waals surface area contributed by atoms with Crippen LogP contribution in [0, 0.1) is 0 Å². The highest BCUT2D eigenvalue weighted by Crippen LogP contribution is 2.50. The fraction of sp³-hybridized carbons (Fsp3) is 0.0714. The van der Waals surface area contributed by atoms with Gasteiger partial charge in [-0.25, -0.2) is 0 Å². The predicted molar refractivity (Wildman–Crippen MR) is 242 cm³/mol. The van der Waals surface area contributed by atoms with Crippen LogP contribution in [0.3, 0.4) is 0 Å². The number of hydrogen-bond acceptors (Lipinski definition) is 1. The van der Waals surface area contributed by atoms with Crippen molar-refractivity contribution in [3.05, 3.63) is 216 Å². The molecular weight excluding hydrogens is 703 g/mol. The molecule has 2 nitrogen and oxygen atoms in total. The number of fused-ring (bicyclic) bond motifs is 9. The van der Waals surface area contributed by atoms with E-state index < -0.39 is 0 Å². The number of hydrogen-bond donors (Lipinski definition) is 0. The molecule has 1 atom stereocenters. The molecule has 2 aliphatic carbocycles. The zero-order valence-electron chi connectivity index (χ0n) is 32.0. The molecule has 0 fully saturated rings. The molecule has 2 heterocycles. The van der Waals surface area contributed by atoms with Crippen LogP contribution in [0.25, 0.3) is 89.1 Å². The van der Waals surface area contributed by atoms with Crippen LogP contribution in [0.15, 0.2) is 192 Å². The van der Waals surface area contributed by atoms with Gasteiger partial charge in [-0.2, -0.15) is 0 Å². The van der Waals surface area contributed by atoms with Gasteiger partial charge in [-0.1, -0.05) is 133 Å². The molecule has 58 heavy (non-hydrogen) atoms. The number of aryl methyl sites for hydroxylation is 1. The van der Waals surface area contributed by atoms with Gasteiger partial charge < -0.3 is 8.98 Å². The molecule has 1 unspecified atom stereocenters. The van der Waals surface area contributed by atoms with Gasteiger partial charge in [-0.05, 0) is 141 Å². The van der Waals surface area contributed by atoms with Gasteiger partial charge in [0, 0.05) is 39.5 Å². The fourth-order valence-electron chi connectivity index (χ4n) is 9.91. The zero-order valence-corrected chi connectivity index (χ0v) is 32.0. The summed E-state index contributed by atoms with van der Waals surface area (Å²) in [6, 6.07) is 67.1. The van der Waals surface area contributed by atoms with E-state index in [-0.39, 0.29) is 5.92 Å². The fourth-order valence-corrected chi connectivity index (χ4v) is 9.91. The second-order valence-corrected chi connectivity index (χ2v) is 15.9. The average molecular weight is 742 g/mol. The molecular formula is C56H39NO. The maximum Gasteiger partial charge on any atom is 0.137 e. The first-order chi connectivity index (χ1) is 28.7. The molecule has 8 aromatic carbocycles. The normalized spacial score (nSPS) is 14.4. The first kappa shape index (κ1) is 33.0. The van der Waals surface area contributed by atoms with Crippen molar-refractivity contribution < 1.29 is 4.42 Å². The van der Waals surface area contributed by atoms with E-state index in [0.717, 1.165) is 46.9 Å². The third-order valence-electron chi connectivity index (χ3n) is 12.6. The van der Waals surface area contributed by atoms with E-state index in [4.69, 9.17) is 4.42 Å². The van der Waals surface area contributed by atoms with E-state index in [0.29, 0.717) is 0 Å². The van der Waals surface area contributed by atoms with Crippen molar-refractivity contribution in [1.82, 2.24) is 4.57 Å². The van der Waals surface area contributed by atoms with E-state index in [9.17, 15) is 0 Å².